The summed E-state index contributed by atoms with van der Waals surface area (Å²) in [7, 11) is 6.45. The molecule has 2 aromatic rings. The van der Waals surface area contributed by atoms with Crippen molar-refractivity contribution < 1.29 is 33.2 Å². The van der Waals surface area contributed by atoms with Gasteiger partial charge in [-0.25, -0.2) is 4.79 Å². The molecule has 0 saturated carbocycles. The molecule has 2 aromatic carbocycles. The number of esters is 1. The van der Waals surface area contributed by atoms with Gasteiger partial charge in [0.05, 0.1) is 47.8 Å². The lowest BCUT2D eigenvalue weighted by Gasteiger charge is -2.24. The predicted octanol–water partition coefficient (Wildman–Crippen LogP) is 4.78. The summed E-state index contributed by atoms with van der Waals surface area (Å²) in [6, 6.07) is 11.7. The van der Waals surface area contributed by atoms with E-state index in [-0.39, 0.29) is 30.5 Å². The van der Waals surface area contributed by atoms with Gasteiger partial charge in [0.2, 0.25) is 0 Å². The van der Waals surface area contributed by atoms with Gasteiger partial charge in [-0.1, -0.05) is 17.7 Å². The van der Waals surface area contributed by atoms with E-state index in [1.807, 2.05) is 50.2 Å². The molecule has 184 valence electrons. The van der Waals surface area contributed by atoms with Crippen LogP contribution in [0.5, 0.6) is 23.0 Å². The lowest BCUT2D eigenvalue weighted by atomic mass is 9.84. The standard InChI is InChI=1S/C27H34O7/c1-17(2)11-26(28)33-16-21-20(12-18-7-9-22(29-3)24(13-18)31-5)15-34-27(21)19-8-10-23(30-4)25(14-19)32-6/h7-11,13-14,20-21,27H,12,15-16H2,1-6H3/t20-,21-,27+/m0/s1. The second-order valence-corrected chi connectivity index (χ2v) is 8.54. The molecule has 1 aliphatic rings. The molecule has 1 aliphatic heterocycles. The van der Waals surface area contributed by atoms with Gasteiger partial charge in [-0.15, -0.1) is 0 Å². The van der Waals surface area contributed by atoms with Crippen molar-refractivity contribution in [1.29, 1.82) is 0 Å². The van der Waals surface area contributed by atoms with E-state index in [9.17, 15) is 4.79 Å². The molecule has 0 aliphatic carbocycles. The third-order valence-corrected chi connectivity index (χ3v) is 5.99. The highest BCUT2D eigenvalue weighted by Crippen LogP contribution is 2.43. The topological polar surface area (TPSA) is 72.5 Å². The molecule has 0 bridgehead atoms. The zero-order chi connectivity index (χ0) is 24.7. The average molecular weight is 471 g/mol. The average Bonchev–Trinajstić information content (AvgIpc) is 3.23. The van der Waals surface area contributed by atoms with Gasteiger partial charge in [-0.3, -0.25) is 0 Å². The zero-order valence-corrected chi connectivity index (χ0v) is 20.8. The summed E-state index contributed by atoms with van der Waals surface area (Å²) in [5.41, 5.74) is 2.95. The molecule has 7 nitrogen and oxygen atoms in total. The Labute approximate surface area is 201 Å². The fraction of sp³-hybridized carbons (Fsp3) is 0.444. The van der Waals surface area contributed by atoms with E-state index < -0.39 is 0 Å². The molecular formula is C27H34O7. The number of rotatable bonds is 10. The molecule has 7 heteroatoms. The van der Waals surface area contributed by atoms with Crippen LogP contribution in [0.3, 0.4) is 0 Å². The summed E-state index contributed by atoms with van der Waals surface area (Å²) in [5, 5.41) is 0. The number of benzene rings is 2. The number of methoxy groups -OCH3 is 4. The fourth-order valence-electron chi connectivity index (χ4n) is 4.29. The molecule has 3 rings (SSSR count). The van der Waals surface area contributed by atoms with Crippen LogP contribution in [-0.2, 0) is 20.7 Å². The Balaban J connectivity index is 1.87. The number of carbonyl (C=O) groups is 1. The summed E-state index contributed by atoms with van der Waals surface area (Å²) < 4.78 is 33.6. The minimum Gasteiger partial charge on any atom is -0.493 e. The summed E-state index contributed by atoms with van der Waals surface area (Å²) >= 11 is 0. The molecule has 0 unspecified atom stereocenters. The third kappa shape index (κ3) is 6.03. The minimum atomic E-state index is -0.345. The molecule has 1 saturated heterocycles. The first kappa shape index (κ1) is 25.4. The van der Waals surface area contributed by atoms with Gasteiger partial charge in [0, 0.05) is 12.0 Å². The van der Waals surface area contributed by atoms with Gasteiger partial charge in [0.25, 0.3) is 0 Å². The molecule has 1 fully saturated rings. The predicted molar refractivity (Wildman–Crippen MR) is 129 cm³/mol. The summed E-state index contributed by atoms with van der Waals surface area (Å²) in [5.74, 6) is 2.40. The number of hydrogen-bond acceptors (Lipinski definition) is 7. The van der Waals surface area contributed by atoms with E-state index in [0.717, 1.165) is 23.1 Å². The Hall–Kier alpha value is -3.19. The second-order valence-electron chi connectivity index (χ2n) is 8.54. The van der Waals surface area contributed by atoms with Crippen LogP contribution in [-0.4, -0.2) is 47.6 Å². The van der Waals surface area contributed by atoms with E-state index >= 15 is 0 Å². The SMILES string of the molecule is COc1ccc(C[C@H]2CO[C@H](c3ccc(OC)c(OC)c3)[C@H]2COC(=O)C=C(C)C)cc1OC. The van der Waals surface area contributed by atoms with E-state index in [2.05, 4.69) is 0 Å². The first-order chi connectivity index (χ1) is 16.4. The minimum absolute atomic E-state index is 0.0410. The van der Waals surface area contributed by atoms with Crippen molar-refractivity contribution in [3.8, 4) is 23.0 Å². The lowest BCUT2D eigenvalue weighted by molar-refractivity contribution is -0.140. The van der Waals surface area contributed by atoms with Crippen LogP contribution >= 0.6 is 0 Å². The van der Waals surface area contributed by atoms with Crippen LogP contribution in [0.15, 0.2) is 48.0 Å². The monoisotopic (exact) mass is 470 g/mol. The highest BCUT2D eigenvalue weighted by molar-refractivity contribution is 5.82. The van der Waals surface area contributed by atoms with Crippen molar-refractivity contribution in [3.05, 3.63) is 59.2 Å². The molecular weight excluding hydrogens is 436 g/mol. The van der Waals surface area contributed by atoms with Gasteiger partial charge in [0.1, 0.15) is 0 Å². The Morgan fingerprint density at radius 1 is 0.912 bits per heavy atom. The second kappa shape index (κ2) is 11.8. The highest BCUT2D eigenvalue weighted by Gasteiger charge is 2.39. The van der Waals surface area contributed by atoms with Crippen LogP contribution in [0.2, 0.25) is 0 Å². The van der Waals surface area contributed by atoms with Crippen LogP contribution in [0.1, 0.15) is 31.1 Å². The maximum atomic E-state index is 12.2. The van der Waals surface area contributed by atoms with E-state index in [1.54, 1.807) is 28.4 Å². The van der Waals surface area contributed by atoms with E-state index in [1.165, 1.54) is 6.08 Å². The fourth-order valence-corrected chi connectivity index (χ4v) is 4.29. The molecule has 0 radical (unpaired) electrons. The van der Waals surface area contributed by atoms with Crippen LogP contribution in [0.25, 0.3) is 0 Å². The maximum Gasteiger partial charge on any atom is 0.330 e. The molecule has 1 heterocycles. The summed E-state index contributed by atoms with van der Waals surface area (Å²) in [6.45, 7) is 4.52. The molecule has 0 N–H and O–H groups in total. The van der Waals surface area contributed by atoms with E-state index in [0.29, 0.717) is 29.6 Å². The first-order valence-electron chi connectivity index (χ1n) is 11.3. The van der Waals surface area contributed by atoms with Crippen LogP contribution in [0.4, 0.5) is 0 Å². The number of allylic oxidation sites excluding steroid dienone is 1. The van der Waals surface area contributed by atoms with Crippen molar-refractivity contribution in [1.82, 2.24) is 0 Å². The molecule has 0 aromatic heterocycles. The molecule has 3 atom stereocenters. The van der Waals surface area contributed by atoms with Gasteiger partial charge in [0.15, 0.2) is 23.0 Å². The van der Waals surface area contributed by atoms with Gasteiger partial charge < -0.3 is 28.4 Å². The van der Waals surface area contributed by atoms with E-state index in [4.69, 9.17) is 28.4 Å². The lowest BCUT2D eigenvalue weighted by Crippen LogP contribution is -2.24. The number of hydrogen-bond donors (Lipinski definition) is 0. The van der Waals surface area contributed by atoms with Crippen LogP contribution < -0.4 is 18.9 Å². The van der Waals surface area contributed by atoms with Gasteiger partial charge >= 0.3 is 5.97 Å². The Bertz CT molecular complexity index is 1010. The smallest absolute Gasteiger partial charge is 0.330 e. The number of carbonyl (C=O) groups excluding carboxylic acids is 1. The molecule has 0 spiro atoms. The summed E-state index contributed by atoms with van der Waals surface area (Å²) in [6.07, 6.45) is 2.00. The normalized spacial score (nSPS) is 19.3. The Morgan fingerprint density at radius 3 is 2.15 bits per heavy atom. The Morgan fingerprint density at radius 2 is 1.53 bits per heavy atom. The van der Waals surface area contributed by atoms with Crippen molar-refractivity contribution in [2.45, 2.75) is 26.4 Å². The van der Waals surface area contributed by atoms with Gasteiger partial charge in [-0.2, -0.15) is 0 Å². The Kier molecular flexibility index (Phi) is 8.82. The molecule has 34 heavy (non-hydrogen) atoms. The molecule has 0 amide bonds. The quantitative estimate of drug-likeness (QED) is 0.366. The van der Waals surface area contributed by atoms with Crippen molar-refractivity contribution in [2.75, 3.05) is 41.7 Å². The van der Waals surface area contributed by atoms with Crippen LogP contribution in [0, 0.1) is 11.8 Å². The summed E-state index contributed by atoms with van der Waals surface area (Å²) in [4.78, 5) is 12.2. The zero-order valence-electron chi connectivity index (χ0n) is 20.8. The largest absolute Gasteiger partial charge is 0.493 e. The highest BCUT2D eigenvalue weighted by atomic mass is 16.5. The third-order valence-electron chi connectivity index (χ3n) is 5.99. The van der Waals surface area contributed by atoms with Crippen molar-refractivity contribution >= 4 is 5.97 Å². The maximum absolute atomic E-state index is 12.2. The van der Waals surface area contributed by atoms with Gasteiger partial charge in [-0.05, 0) is 61.6 Å². The van der Waals surface area contributed by atoms with Crippen molar-refractivity contribution in [2.24, 2.45) is 11.8 Å². The van der Waals surface area contributed by atoms with Crippen molar-refractivity contribution in [3.63, 3.8) is 0 Å². The first-order valence-corrected chi connectivity index (χ1v) is 11.3. The number of ether oxygens (including phenoxy) is 6.